The van der Waals surface area contributed by atoms with Crippen molar-refractivity contribution in [3.05, 3.63) is 29.3 Å². The van der Waals surface area contributed by atoms with E-state index in [2.05, 4.69) is 22.5 Å². The highest BCUT2D eigenvalue weighted by Gasteiger charge is 2.27. The van der Waals surface area contributed by atoms with E-state index in [9.17, 15) is 9.59 Å². The van der Waals surface area contributed by atoms with Crippen LogP contribution < -0.4 is 10.6 Å². The summed E-state index contributed by atoms with van der Waals surface area (Å²) in [7, 11) is 1.87. The molecule has 0 fully saturated rings. The molecule has 4 nitrogen and oxygen atoms in total. The molecule has 0 bridgehead atoms. The summed E-state index contributed by atoms with van der Waals surface area (Å²) >= 11 is 0. The van der Waals surface area contributed by atoms with Gasteiger partial charge in [-0.2, -0.15) is 0 Å². The van der Waals surface area contributed by atoms with E-state index in [1.165, 1.54) is 0 Å². The quantitative estimate of drug-likeness (QED) is 0.447. The summed E-state index contributed by atoms with van der Waals surface area (Å²) < 4.78 is 0. The van der Waals surface area contributed by atoms with Gasteiger partial charge < -0.3 is 10.6 Å². The first-order valence-corrected chi connectivity index (χ1v) is 5.35. The molecule has 17 heavy (non-hydrogen) atoms. The SMILES string of the molecule is CNCCC#Cc1ccc2c(c1)NC(=O)C2=O. The number of fused-ring (bicyclic) bond motifs is 1. The molecule has 0 aliphatic carbocycles. The van der Waals surface area contributed by atoms with E-state index in [4.69, 9.17) is 0 Å². The van der Waals surface area contributed by atoms with Gasteiger partial charge in [0.25, 0.3) is 11.7 Å². The van der Waals surface area contributed by atoms with Crippen molar-refractivity contribution < 1.29 is 9.59 Å². The second-order valence-electron chi connectivity index (χ2n) is 3.70. The summed E-state index contributed by atoms with van der Waals surface area (Å²) in [5.41, 5.74) is 1.78. The van der Waals surface area contributed by atoms with Crippen LogP contribution in [0.25, 0.3) is 0 Å². The Morgan fingerprint density at radius 2 is 2.18 bits per heavy atom. The number of nitrogens with one attached hydrogen (secondary N) is 2. The number of benzene rings is 1. The number of anilines is 1. The Hall–Kier alpha value is -2.12. The zero-order valence-corrected chi connectivity index (χ0v) is 9.46. The zero-order valence-electron chi connectivity index (χ0n) is 9.46. The summed E-state index contributed by atoms with van der Waals surface area (Å²) in [6.07, 6.45) is 0.763. The number of hydrogen-bond acceptors (Lipinski definition) is 3. The maximum atomic E-state index is 11.4. The number of hydrogen-bond donors (Lipinski definition) is 2. The van der Waals surface area contributed by atoms with Gasteiger partial charge in [0.1, 0.15) is 0 Å². The number of Topliss-reactive ketones (excluding diaryl/α,β-unsaturated/α-hetero) is 1. The molecule has 1 aromatic rings. The highest BCUT2D eigenvalue weighted by Crippen LogP contribution is 2.23. The molecule has 86 valence electrons. The first-order valence-electron chi connectivity index (χ1n) is 5.35. The highest BCUT2D eigenvalue weighted by molar-refractivity contribution is 6.51. The Kier molecular flexibility index (Phi) is 3.22. The van der Waals surface area contributed by atoms with Crippen LogP contribution in [0, 0.1) is 11.8 Å². The van der Waals surface area contributed by atoms with Gasteiger partial charge in [0.2, 0.25) is 0 Å². The predicted molar refractivity (Wildman–Crippen MR) is 64.8 cm³/mol. The summed E-state index contributed by atoms with van der Waals surface area (Å²) in [5.74, 6) is 4.95. The van der Waals surface area contributed by atoms with Gasteiger partial charge in [-0.3, -0.25) is 9.59 Å². The molecule has 0 radical (unpaired) electrons. The van der Waals surface area contributed by atoms with Crippen LogP contribution in [0.1, 0.15) is 22.3 Å². The fraction of sp³-hybridized carbons (Fsp3) is 0.231. The van der Waals surface area contributed by atoms with Crippen LogP contribution in [-0.2, 0) is 4.79 Å². The molecule has 1 amide bonds. The molecule has 0 unspecified atom stereocenters. The van der Waals surface area contributed by atoms with Gasteiger partial charge in [-0.1, -0.05) is 11.8 Å². The smallest absolute Gasteiger partial charge is 0.296 e. The maximum absolute atomic E-state index is 11.4. The van der Waals surface area contributed by atoms with Gasteiger partial charge in [-0.25, -0.2) is 0 Å². The molecule has 0 saturated heterocycles. The van der Waals surface area contributed by atoms with Crippen molar-refractivity contribution in [1.82, 2.24) is 5.32 Å². The van der Waals surface area contributed by atoms with Crippen molar-refractivity contribution in [2.24, 2.45) is 0 Å². The Morgan fingerprint density at radius 1 is 1.35 bits per heavy atom. The van der Waals surface area contributed by atoms with Gasteiger partial charge in [-0.05, 0) is 25.2 Å². The monoisotopic (exact) mass is 228 g/mol. The van der Waals surface area contributed by atoms with E-state index in [0.717, 1.165) is 18.5 Å². The normalized spacial score (nSPS) is 12.8. The lowest BCUT2D eigenvalue weighted by atomic mass is 10.1. The standard InChI is InChI=1S/C13H12N2O2/c1-14-7-3-2-4-9-5-6-10-11(8-9)15-13(17)12(10)16/h5-6,8,14H,3,7H2,1H3,(H,15,16,17). The van der Waals surface area contributed by atoms with Gasteiger partial charge in [0, 0.05) is 18.5 Å². The summed E-state index contributed by atoms with van der Waals surface area (Å²) in [6.45, 7) is 0.840. The first-order chi connectivity index (χ1) is 8.22. The van der Waals surface area contributed by atoms with Crippen molar-refractivity contribution >= 4 is 17.4 Å². The molecule has 0 aromatic heterocycles. The van der Waals surface area contributed by atoms with Crippen molar-refractivity contribution in [2.45, 2.75) is 6.42 Å². The van der Waals surface area contributed by atoms with E-state index in [1.807, 2.05) is 7.05 Å². The third kappa shape index (κ3) is 2.35. The molecular formula is C13H12N2O2. The molecular weight excluding hydrogens is 216 g/mol. The summed E-state index contributed by atoms with van der Waals surface area (Å²) in [5, 5.41) is 5.52. The lowest BCUT2D eigenvalue weighted by Crippen LogP contribution is -2.12. The third-order valence-electron chi connectivity index (χ3n) is 2.45. The second kappa shape index (κ2) is 4.81. The van der Waals surface area contributed by atoms with Crippen LogP contribution in [-0.4, -0.2) is 25.3 Å². The molecule has 1 heterocycles. The molecule has 2 rings (SSSR count). The van der Waals surface area contributed by atoms with E-state index < -0.39 is 11.7 Å². The molecule has 0 spiro atoms. The minimum atomic E-state index is -0.569. The summed E-state index contributed by atoms with van der Waals surface area (Å²) in [4.78, 5) is 22.5. The molecule has 1 aliphatic heterocycles. The number of ketones is 1. The van der Waals surface area contributed by atoms with Crippen LogP contribution in [0.5, 0.6) is 0 Å². The number of rotatable bonds is 2. The molecule has 0 saturated carbocycles. The maximum Gasteiger partial charge on any atom is 0.296 e. The minimum absolute atomic E-state index is 0.427. The minimum Gasteiger partial charge on any atom is -0.319 e. The zero-order chi connectivity index (χ0) is 12.3. The topological polar surface area (TPSA) is 58.2 Å². The fourth-order valence-electron chi connectivity index (χ4n) is 1.58. The average molecular weight is 228 g/mol. The first kappa shape index (κ1) is 11.4. The van der Waals surface area contributed by atoms with Crippen LogP contribution in [0.4, 0.5) is 5.69 Å². The van der Waals surface area contributed by atoms with Crippen LogP contribution in [0.15, 0.2) is 18.2 Å². The van der Waals surface area contributed by atoms with Crippen molar-refractivity contribution in [3.8, 4) is 11.8 Å². The lowest BCUT2D eigenvalue weighted by Gasteiger charge is -1.97. The molecule has 1 aromatic carbocycles. The van der Waals surface area contributed by atoms with Crippen LogP contribution in [0.3, 0.4) is 0 Å². The third-order valence-corrected chi connectivity index (χ3v) is 2.45. The van der Waals surface area contributed by atoms with Crippen LogP contribution >= 0.6 is 0 Å². The van der Waals surface area contributed by atoms with Gasteiger partial charge in [0.15, 0.2) is 0 Å². The molecule has 1 aliphatic rings. The average Bonchev–Trinajstić information content (AvgIpc) is 2.61. The molecule has 2 N–H and O–H groups in total. The molecule has 0 atom stereocenters. The van der Waals surface area contributed by atoms with Crippen molar-refractivity contribution in [2.75, 3.05) is 18.9 Å². The Balaban J connectivity index is 2.18. The van der Waals surface area contributed by atoms with E-state index >= 15 is 0 Å². The van der Waals surface area contributed by atoms with Crippen molar-refractivity contribution in [1.29, 1.82) is 0 Å². The van der Waals surface area contributed by atoms with E-state index in [0.29, 0.717) is 11.3 Å². The second-order valence-corrected chi connectivity index (χ2v) is 3.70. The van der Waals surface area contributed by atoms with E-state index in [1.54, 1.807) is 18.2 Å². The summed E-state index contributed by atoms with van der Waals surface area (Å²) in [6, 6.07) is 5.12. The fourth-order valence-corrected chi connectivity index (χ4v) is 1.58. The van der Waals surface area contributed by atoms with Crippen molar-refractivity contribution in [3.63, 3.8) is 0 Å². The predicted octanol–water partition coefficient (Wildman–Crippen LogP) is 0.782. The van der Waals surface area contributed by atoms with Crippen LogP contribution in [0.2, 0.25) is 0 Å². The highest BCUT2D eigenvalue weighted by atomic mass is 16.2. The van der Waals surface area contributed by atoms with Gasteiger partial charge >= 0.3 is 0 Å². The Labute approximate surface area is 99.4 Å². The van der Waals surface area contributed by atoms with E-state index in [-0.39, 0.29) is 0 Å². The van der Waals surface area contributed by atoms with Gasteiger partial charge in [0.05, 0.1) is 11.3 Å². The molecule has 4 heteroatoms. The number of carbonyl (C=O) groups excluding carboxylic acids is 2. The lowest BCUT2D eigenvalue weighted by molar-refractivity contribution is -0.112. The Morgan fingerprint density at radius 3 is 2.94 bits per heavy atom. The number of carbonyl (C=O) groups is 2. The van der Waals surface area contributed by atoms with Gasteiger partial charge in [-0.15, -0.1) is 0 Å². The number of amides is 1. The largest absolute Gasteiger partial charge is 0.319 e. The Bertz CT molecular complexity index is 538.